The molecule has 0 saturated carbocycles. The molecule has 1 aromatic rings. The molecule has 0 aromatic heterocycles. The third-order valence-electron chi connectivity index (χ3n) is 6.66. The van der Waals surface area contributed by atoms with Crippen LogP contribution in [-0.4, -0.2) is 67.4 Å². The Balaban J connectivity index is 1.63. The molecule has 4 rings (SSSR count). The highest BCUT2D eigenvalue weighted by Gasteiger charge is 2.34. The number of morpholine rings is 2. The molecule has 6 heteroatoms. The van der Waals surface area contributed by atoms with E-state index in [-0.39, 0.29) is 29.6 Å². The molecule has 3 aliphatic rings. The van der Waals surface area contributed by atoms with E-state index in [2.05, 4.69) is 45.1 Å². The first-order valence-electron chi connectivity index (χ1n) is 11.4. The Morgan fingerprint density at radius 2 is 2.00 bits per heavy atom. The van der Waals surface area contributed by atoms with Crippen molar-refractivity contribution in [3.8, 4) is 0 Å². The number of urea groups is 1. The van der Waals surface area contributed by atoms with Gasteiger partial charge >= 0.3 is 6.03 Å². The first-order valence-corrected chi connectivity index (χ1v) is 11.4. The lowest BCUT2D eigenvalue weighted by atomic mass is 9.80. The summed E-state index contributed by atoms with van der Waals surface area (Å²) in [6.07, 6.45) is 0.996. The normalized spacial score (nSPS) is 27.7. The zero-order valence-corrected chi connectivity index (χ0v) is 19.2. The molecule has 2 fully saturated rings. The molecule has 3 atom stereocenters. The quantitative estimate of drug-likeness (QED) is 0.765. The maximum atomic E-state index is 13.4. The van der Waals surface area contributed by atoms with Gasteiger partial charge in [0, 0.05) is 26.2 Å². The van der Waals surface area contributed by atoms with Crippen molar-refractivity contribution in [3.63, 3.8) is 0 Å². The average molecular weight is 416 g/mol. The second kappa shape index (κ2) is 8.48. The van der Waals surface area contributed by atoms with E-state index < -0.39 is 0 Å². The number of fused-ring (bicyclic) bond motifs is 1. The van der Waals surface area contributed by atoms with E-state index in [0.717, 1.165) is 26.1 Å². The number of hydrogen-bond acceptors (Lipinski definition) is 4. The van der Waals surface area contributed by atoms with Gasteiger partial charge in [-0.2, -0.15) is 0 Å². The summed E-state index contributed by atoms with van der Waals surface area (Å²) in [6, 6.07) is 5.16. The average Bonchev–Trinajstić information content (AvgIpc) is 2.73. The van der Waals surface area contributed by atoms with Gasteiger partial charge in [-0.15, -0.1) is 0 Å². The Morgan fingerprint density at radius 3 is 2.70 bits per heavy atom. The summed E-state index contributed by atoms with van der Waals surface area (Å²) in [7, 11) is 0. The Bertz CT molecular complexity index is 783. The lowest BCUT2D eigenvalue weighted by Crippen LogP contribution is -2.55. The Morgan fingerprint density at radius 1 is 1.20 bits per heavy atom. The fourth-order valence-electron chi connectivity index (χ4n) is 4.72. The monoisotopic (exact) mass is 415 g/mol. The van der Waals surface area contributed by atoms with Crippen molar-refractivity contribution >= 4 is 6.03 Å². The molecular weight excluding hydrogens is 378 g/mol. The largest absolute Gasteiger partial charge is 0.378 e. The highest BCUT2D eigenvalue weighted by Crippen LogP contribution is 2.34. The predicted molar refractivity (Wildman–Crippen MR) is 118 cm³/mol. The molecule has 0 spiro atoms. The highest BCUT2D eigenvalue weighted by atomic mass is 16.5. The molecule has 0 bridgehead atoms. The fraction of sp³-hybridized carbons (Fsp3) is 0.708. The minimum atomic E-state index is 0.0889. The minimum Gasteiger partial charge on any atom is -0.378 e. The van der Waals surface area contributed by atoms with Gasteiger partial charge in [0.2, 0.25) is 0 Å². The second-order valence-corrected chi connectivity index (χ2v) is 10.1. The first kappa shape index (κ1) is 21.6. The molecule has 3 heterocycles. The molecule has 2 amide bonds. The van der Waals surface area contributed by atoms with Gasteiger partial charge in [-0.1, -0.05) is 32.9 Å². The number of nitrogens with one attached hydrogen (secondary N) is 1. The SMILES string of the molecule is CC1CN(C(=O)N2CCc3cc(C(C)(C)C)cc([C@@H]4COCCN4)c3C2)C(C)CO1. The zero-order valence-electron chi connectivity index (χ0n) is 19.2. The molecule has 1 aromatic carbocycles. The van der Waals surface area contributed by atoms with Crippen molar-refractivity contribution < 1.29 is 14.3 Å². The first-order chi connectivity index (χ1) is 14.2. The van der Waals surface area contributed by atoms with E-state index in [0.29, 0.717) is 26.3 Å². The van der Waals surface area contributed by atoms with Crippen molar-refractivity contribution in [3.05, 3.63) is 34.4 Å². The molecule has 0 radical (unpaired) electrons. The molecule has 6 nitrogen and oxygen atoms in total. The van der Waals surface area contributed by atoms with Crippen LogP contribution in [0.1, 0.15) is 62.9 Å². The lowest BCUT2D eigenvalue weighted by molar-refractivity contribution is -0.0378. The van der Waals surface area contributed by atoms with Crippen molar-refractivity contribution in [1.82, 2.24) is 15.1 Å². The number of benzene rings is 1. The number of carbonyl (C=O) groups excluding carboxylic acids is 1. The molecular formula is C24H37N3O3. The lowest BCUT2D eigenvalue weighted by Gasteiger charge is -2.42. The smallest absolute Gasteiger partial charge is 0.320 e. The van der Waals surface area contributed by atoms with E-state index in [9.17, 15) is 4.79 Å². The Labute approximate surface area is 180 Å². The van der Waals surface area contributed by atoms with Crippen molar-refractivity contribution in [2.45, 2.75) is 71.2 Å². The molecule has 166 valence electrons. The van der Waals surface area contributed by atoms with Crippen LogP contribution in [0.2, 0.25) is 0 Å². The Hall–Kier alpha value is -1.63. The summed E-state index contributed by atoms with van der Waals surface area (Å²) in [4.78, 5) is 17.4. The van der Waals surface area contributed by atoms with Crippen molar-refractivity contribution in [1.29, 1.82) is 0 Å². The van der Waals surface area contributed by atoms with Crippen LogP contribution in [0.5, 0.6) is 0 Å². The number of rotatable bonds is 1. The number of hydrogen-bond donors (Lipinski definition) is 1. The van der Waals surface area contributed by atoms with E-state index in [4.69, 9.17) is 9.47 Å². The standard InChI is InChI=1S/C24H37N3O3/c1-16-14-30-17(2)12-27(16)23(28)26-8-6-18-10-19(24(3,4)5)11-20(21(18)13-26)22-15-29-9-7-25-22/h10-11,16-17,22,25H,6-9,12-15H2,1-5H3/t16?,17?,22-/m0/s1. The van der Waals surface area contributed by atoms with Crippen LogP contribution >= 0.6 is 0 Å². The van der Waals surface area contributed by atoms with Gasteiger partial charge in [-0.3, -0.25) is 0 Å². The molecule has 3 aliphatic heterocycles. The van der Waals surface area contributed by atoms with Crippen LogP contribution in [0.15, 0.2) is 12.1 Å². The third kappa shape index (κ3) is 4.36. The summed E-state index contributed by atoms with van der Waals surface area (Å²) < 4.78 is 11.5. The van der Waals surface area contributed by atoms with Gasteiger partial charge in [0.15, 0.2) is 0 Å². The topological polar surface area (TPSA) is 54.0 Å². The van der Waals surface area contributed by atoms with Gasteiger partial charge < -0.3 is 24.6 Å². The molecule has 0 aliphatic carbocycles. The number of nitrogens with zero attached hydrogens (tertiary/aromatic N) is 2. The zero-order chi connectivity index (χ0) is 21.5. The minimum absolute atomic E-state index is 0.0889. The van der Waals surface area contributed by atoms with Gasteiger partial charge in [-0.25, -0.2) is 4.79 Å². The fourth-order valence-corrected chi connectivity index (χ4v) is 4.72. The molecule has 1 N–H and O–H groups in total. The molecule has 2 unspecified atom stereocenters. The number of amides is 2. The second-order valence-electron chi connectivity index (χ2n) is 10.1. The van der Waals surface area contributed by atoms with E-state index in [1.807, 2.05) is 16.7 Å². The summed E-state index contributed by atoms with van der Waals surface area (Å²) in [5.41, 5.74) is 5.44. The van der Waals surface area contributed by atoms with Crippen LogP contribution < -0.4 is 5.32 Å². The summed E-state index contributed by atoms with van der Waals surface area (Å²) in [6.45, 7) is 15.9. The van der Waals surface area contributed by atoms with Gasteiger partial charge in [0.1, 0.15) is 0 Å². The van der Waals surface area contributed by atoms with Crippen LogP contribution in [0.4, 0.5) is 4.79 Å². The maximum absolute atomic E-state index is 13.4. The van der Waals surface area contributed by atoms with E-state index in [1.165, 1.54) is 22.3 Å². The van der Waals surface area contributed by atoms with Crippen molar-refractivity contribution in [2.24, 2.45) is 0 Å². The van der Waals surface area contributed by atoms with Crippen LogP contribution in [0.3, 0.4) is 0 Å². The van der Waals surface area contributed by atoms with Crippen molar-refractivity contribution in [2.75, 3.05) is 39.5 Å². The van der Waals surface area contributed by atoms with E-state index >= 15 is 0 Å². The molecule has 2 saturated heterocycles. The van der Waals surface area contributed by atoms with E-state index in [1.54, 1.807) is 0 Å². The number of carbonyl (C=O) groups is 1. The third-order valence-corrected chi connectivity index (χ3v) is 6.66. The van der Waals surface area contributed by atoms with Crippen LogP contribution in [0.25, 0.3) is 0 Å². The summed E-state index contributed by atoms with van der Waals surface area (Å²) in [5, 5.41) is 3.63. The van der Waals surface area contributed by atoms with Crippen LogP contribution in [0, 0.1) is 0 Å². The van der Waals surface area contributed by atoms with Gasteiger partial charge in [0.25, 0.3) is 0 Å². The van der Waals surface area contributed by atoms with Crippen LogP contribution in [-0.2, 0) is 27.9 Å². The number of ether oxygens (including phenoxy) is 2. The van der Waals surface area contributed by atoms with Gasteiger partial charge in [0.05, 0.1) is 38.0 Å². The van der Waals surface area contributed by atoms with Gasteiger partial charge in [-0.05, 0) is 47.9 Å². The summed E-state index contributed by atoms with van der Waals surface area (Å²) in [5.74, 6) is 0. The Kier molecular flexibility index (Phi) is 6.11. The highest BCUT2D eigenvalue weighted by molar-refractivity contribution is 5.75. The predicted octanol–water partition coefficient (Wildman–Crippen LogP) is 3.23. The summed E-state index contributed by atoms with van der Waals surface area (Å²) >= 11 is 0. The molecule has 30 heavy (non-hydrogen) atoms. The maximum Gasteiger partial charge on any atom is 0.320 e.